The van der Waals surface area contributed by atoms with Gasteiger partial charge in [0, 0.05) is 11.3 Å². The SMILES string of the molecule is CCc1ccc(NC(=O)COC(=O)CO/N=C(/C)c2ccc3c(c2)OCO3)cc1. The molecule has 0 saturated heterocycles. The lowest BCUT2D eigenvalue weighted by molar-refractivity contribution is -0.151. The van der Waals surface area contributed by atoms with Crippen molar-refractivity contribution in [3.63, 3.8) is 0 Å². The van der Waals surface area contributed by atoms with E-state index < -0.39 is 25.1 Å². The molecule has 0 aliphatic carbocycles. The van der Waals surface area contributed by atoms with Crippen molar-refractivity contribution in [2.75, 3.05) is 25.3 Å². The molecule has 1 heterocycles. The number of nitrogens with zero attached hydrogens (tertiary/aromatic N) is 1. The molecule has 0 aromatic heterocycles. The standard InChI is InChI=1S/C21H22N2O6/c1-3-15-4-7-17(8-5-15)22-20(24)11-26-21(25)12-29-23-14(2)16-6-9-18-19(10-16)28-13-27-18/h4-10H,3,11-13H2,1-2H3,(H,22,24)/b23-14-. The maximum Gasteiger partial charge on any atom is 0.347 e. The number of amides is 1. The minimum atomic E-state index is -0.691. The number of hydrogen-bond donors (Lipinski definition) is 1. The topological polar surface area (TPSA) is 95.5 Å². The van der Waals surface area contributed by atoms with Gasteiger partial charge in [-0.15, -0.1) is 0 Å². The molecule has 0 fully saturated rings. The van der Waals surface area contributed by atoms with Crippen molar-refractivity contribution >= 4 is 23.3 Å². The van der Waals surface area contributed by atoms with Crippen LogP contribution in [0.5, 0.6) is 11.5 Å². The molecule has 8 nitrogen and oxygen atoms in total. The Morgan fingerprint density at radius 2 is 1.83 bits per heavy atom. The zero-order valence-corrected chi connectivity index (χ0v) is 16.3. The Labute approximate surface area is 168 Å². The van der Waals surface area contributed by atoms with Crippen LogP contribution in [0.15, 0.2) is 47.6 Å². The number of carbonyl (C=O) groups excluding carboxylic acids is 2. The summed E-state index contributed by atoms with van der Waals surface area (Å²) in [6.45, 7) is 3.17. The smallest absolute Gasteiger partial charge is 0.347 e. The summed E-state index contributed by atoms with van der Waals surface area (Å²) < 4.78 is 15.5. The van der Waals surface area contributed by atoms with Crippen molar-refractivity contribution in [1.82, 2.24) is 0 Å². The number of esters is 1. The third-order valence-corrected chi connectivity index (χ3v) is 4.18. The van der Waals surface area contributed by atoms with Crippen LogP contribution in [-0.4, -0.2) is 37.6 Å². The van der Waals surface area contributed by atoms with Crippen LogP contribution in [0.1, 0.15) is 25.0 Å². The van der Waals surface area contributed by atoms with Crippen LogP contribution in [-0.2, 0) is 25.6 Å². The fraction of sp³-hybridized carbons (Fsp3) is 0.286. The summed E-state index contributed by atoms with van der Waals surface area (Å²) in [5, 5.41) is 6.55. The Balaban J connectivity index is 1.40. The number of oxime groups is 1. The number of aryl methyl sites for hydroxylation is 1. The van der Waals surface area contributed by atoms with Crippen molar-refractivity contribution in [3.8, 4) is 11.5 Å². The lowest BCUT2D eigenvalue weighted by atomic mass is 10.1. The molecule has 0 bridgehead atoms. The van der Waals surface area contributed by atoms with E-state index in [0.29, 0.717) is 22.9 Å². The third-order valence-electron chi connectivity index (χ3n) is 4.18. The first-order chi connectivity index (χ1) is 14.0. The van der Waals surface area contributed by atoms with Gasteiger partial charge in [0.1, 0.15) is 0 Å². The molecule has 0 spiro atoms. The van der Waals surface area contributed by atoms with Crippen LogP contribution in [0.3, 0.4) is 0 Å². The molecule has 1 aliphatic rings. The quantitative estimate of drug-likeness (QED) is 0.417. The van der Waals surface area contributed by atoms with Gasteiger partial charge in [0.05, 0.1) is 5.71 Å². The highest BCUT2D eigenvalue weighted by molar-refractivity contribution is 5.99. The van der Waals surface area contributed by atoms with Crippen molar-refractivity contribution in [3.05, 3.63) is 53.6 Å². The maximum atomic E-state index is 11.9. The summed E-state index contributed by atoms with van der Waals surface area (Å²) in [4.78, 5) is 28.6. The predicted octanol–water partition coefficient (Wildman–Crippen LogP) is 2.90. The summed E-state index contributed by atoms with van der Waals surface area (Å²) in [6, 6.07) is 12.8. The Morgan fingerprint density at radius 1 is 1.07 bits per heavy atom. The van der Waals surface area contributed by atoms with E-state index in [1.54, 1.807) is 31.2 Å². The van der Waals surface area contributed by atoms with Crippen LogP contribution >= 0.6 is 0 Å². The minimum Gasteiger partial charge on any atom is -0.454 e. The highest BCUT2D eigenvalue weighted by atomic mass is 16.7. The van der Waals surface area contributed by atoms with Crippen LogP contribution in [0.4, 0.5) is 5.69 Å². The lowest BCUT2D eigenvalue weighted by Crippen LogP contribution is -2.22. The van der Waals surface area contributed by atoms with Crippen LogP contribution < -0.4 is 14.8 Å². The Kier molecular flexibility index (Phi) is 6.67. The number of anilines is 1. The number of carbonyl (C=O) groups is 2. The normalized spacial score (nSPS) is 12.4. The van der Waals surface area contributed by atoms with E-state index in [2.05, 4.69) is 17.4 Å². The number of nitrogens with one attached hydrogen (secondary N) is 1. The Morgan fingerprint density at radius 3 is 2.59 bits per heavy atom. The lowest BCUT2D eigenvalue weighted by Gasteiger charge is -2.07. The molecule has 1 amide bonds. The predicted molar refractivity (Wildman–Crippen MR) is 106 cm³/mol. The van der Waals surface area contributed by atoms with Crippen molar-refractivity contribution < 1.29 is 28.6 Å². The van der Waals surface area contributed by atoms with Crippen molar-refractivity contribution in [2.24, 2.45) is 5.16 Å². The first-order valence-electron chi connectivity index (χ1n) is 9.16. The largest absolute Gasteiger partial charge is 0.454 e. The summed E-state index contributed by atoms with van der Waals surface area (Å²) >= 11 is 0. The molecular weight excluding hydrogens is 376 g/mol. The van der Waals surface area contributed by atoms with Gasteiger partial charge in [0.15, 0.2) is 18.1 Å². The minimum absolute atomic E-state index is 0.189. The van der Waals surface area contributed by atoms with Crippen molar-refractivity contribution in [1.29, 1.82) is 0 Å². The summed E-state index contributed by atoms with van der Waals surface area (Å²) in [5.41, 5.74) is 3.15. The number of hydrogen-bond acceptors (Lipinski definition) is 7. The van der Waals surface area contributed by atoms with E-state index in [-0.39, 0.29) is 6.79 Å². The third kappa shape index (κ3) is 5.71. The van der Waals surface area contributed by atoms with Gasteiger partial charge in [-0.2, -0.15) is 0 Å². The molecule has 8 heteroatoms. The summed E-state index contributed by atoms with van der Waals surface area (Å²) in [6.07, 6.45) is 0.919. The van der Waals surface area contributed by atoms with Gasteiger partial charge in [0.25, 0.3) is 5.91 Å². The van der Waals surface area contributed by atoms with Crippen molar-refractivity contribution in [2.45, 2.75) is 20.3 Å². The van der Waals surface area contributed by atoms with E-state index in [1.165, 1.54) is 5.56 Å². The number of benzene rings is 2. The molecule has 2 aromatic rings. The molecule has 0 atom stereocenters. The second kappa shape index (κ2) is 9.59. The van der Waals surface area contributed by atoms with Gasteiger partial charge in [0.2, 0.25) is 13.4 Å². The molecule has 152 valence electrons. The van der Waals surface area contributed by atoms with Crippen LogP contribution in [0.25, 0.3) is 0 Å². The molecular formula is C21H22N2O6. The molecule has 0 radical (unpaired) electrons. The highest BCUT2D eigenvalue weighted by Crippen LogP contribution is 2.32. The molecule has 1 aliphatic heterocycles. The Hall–Kier alpha value is -3.55. The molecule has 2 aromatic carbocycles. The second-order valence-electron chi connectivity index (χ2n) is 6.28. The molecule has 0 unspecified atom stereocenters. The first kappa shape index (κ1) is 20.2. The van der Waals surface area contributed by atoms with E-state index in [4.69, 9.17) is 19.0 Å². The van der Waals surface area contributed by atoms with Crippen LogP contribution in [0.2, 0.25) is 0 Å². The van der Waals surface area contributed by atoms with Gasteiger partial charge in [-0.05, 0) is 49.2 Å². The average Bonchev–Trinajstić information content (AvgIpc) is 3.20. The highest BCUT2D eigenvalue weighted by Gasteiger charge is 2.14. The summed E-state index contributed by atoms with van der Waals surface area (Å²) in [7, 11) is 0. The number of fused-ring (bicyclic) bond motifs is 1. The maximum absolute atomic E-state index is 11.9. The molecule has 0 saturated carbocycles. The van der Waals surface area contributed by atoms with E-state index in [0.717, 1.165) is 12.0 Å². The second-order valence-corrected chi connectivity index (χ2v) is 6.28. The van der Waals surface area contributed by atoms with E-state index >= 15 is 0 Å². The van der Waals surface area contributed by atoms with Crippen LogP contribution in [0, 0.1) is 0 Å². The van der Waals surface area contributed by atoms with Gasteiger partial charge in [-0.25, -0.2) is 4.79 Å². The van der Waals surface area contributed by atoms with E-state index in [1.807, 2.05) is 18.2 Å². The number of ether oxygens (including phenoxy) is 3. The molecule has 1 N–H and O–H groups in total. The van der Waals surface area contributed by atoms with E-state index in [9.17, 15) is 9.59 Å². The zero-order valence-electron chi connectivity index (χ0n) is 16.3. The first-order valence-corrected chi connectivity index (χ1v) is 9.16. The Bertz CT molecular complexity index is 908. The average molecular weight is 398 g/mol. The van der Waals surface area contributed by atoms with Gasteiger partial charge in [-0.1, -0.05) is 24.2 Å². The fourth-order valence-electron chi connectivity index (χ4n) is 2.56. The van der Waals surface area contributed by atoms with Gasteiger partial charge < -0.3 is 24.4 Å². The summed E-state index contributed by atoms with van der Waals surface area (Å²) in [5.74, 6) is 0.184. The fourth-order valence-corrected chi connectivity index (χ4v) is 2.56. The zero-order chi connectivity index (χ0) is 20.6. The monoisotopic (exact) mass is 398 g/mol. The van der Waals surface area contributed by atoms with Gasteiger partial charge in [-0.3, -0.25) is 4.79 Å². The molecule has 29 heavy (non-hydrogen) atoms. The number of rotatable bonds is 8. The van der Waals surface area contributed by atoms with Gasteiger partial charge >= 0.3 is 5.97 Å². The molecule has 3 rings (SSSR count).